The maximum Gasteiger partial charge on any atom is 0.256 e. The molecular weight excluding hydrogens is 412 g/mol. The molecule has 0 atom stereocenters. The van der Waals surface area contributed by atoms with Crippen LogP contribution in [-0.4, -0.2) is 45.4 Å². The van der Waals surface area contributed by atoms with Crippen LogP contribution in [0, 0.1) is 0 Å². The molecule has 3 aromatic rings. The van der Waals surface area contributed by atoms with E-state index < -0.39 is 0 Å². The fourth-order valence-electron chi connectivity index (χ4n) is 2.90. The number of hydrogen-bond acceptors (Lipinski definition) is 7. The van der Waals surface area contributed by atoms with Crippen molar-refractivity contribution in [2.24, 2.45) is 0 Å². The van der Waals surface area contributed by atoms with Gasteiger partial charge < -0.3 is 29.0 Å². The lowest BCUT2D eigenvalue weighted by molar-refractivity contribution is 0.102. The van der Waals surface area contributed by atoms with E-state index in [-0.39, 0.29) is 5.91 Å². The summed E-state index contributed by atoms with van der Waals surface area (Å²) >= 11 is 0. The Bertz CT molecular complexity index is 1000. The highest BCUT2D eigenvalue weighted by Crippen LogP contribution is 2.39. The Kier molecular flexibility index (Phi) is 8.28. The molecule has 0 saturated carbocycles. The van der Waals surface area contributed by atoms with Gasteiger partial charge in [-0.15, -0.1) is 0 Å². The van der Waals surface area contributed by atoms with Crippen molar-refractivity contribution in [2.45, 2.75) is 6.61 Å². The Balaban J connectivity index is 1.80. The lowest BCUT2D eigenvalue weighted by Crippen LogP contribution is -2.15. The molecule has 0 saturated heterocycles. The molecule has 0 unspecified atom stereocenters. The Morgan fingerprint density at radius 2 is 1.62 bits per heavy atom. The molecule has 168 valence electrons. The summed E-state index contributed by atoms with van der Waals surface area (Å²) < 4.78 is 27.4. The molecule has 1 aromatic heterocycles. The van der Waals surface area contributed by atoms with Gasteiger partial charge in [0, 0.05) is 18.9 Å². The molecule has 2 aromatic carbocycles. The molecular formula is C24H26N2O6. The van der Waals surface area contributed by atoms with Gasteiger partial charge in [-0.1, -0.05) is 30.3 Å². The normalized spacial score (nSPS) is 10.3. The van der Waals surface area contributed by atoms with E-state index in [2.05, 4.69) is 10.3 Å². The van der Waals surface area contributed by atoms with Crippen LogP contribution < -0.4 is 24.3 Å². The molecule has 1 amide bonds. The first-order chi connectivity index (χ1) is 15.7. The lowest BCUT2D eigenvalue weighted by atomic mass is 10.1. The zero-order valence-corrected chi connectivity index (χ0v) is 18.3. The number of hydrogen-bond donors (Lipinski definition) is 1. The van der Waals surface area contributed by atoms with Gasteiger partial charge in [0.05, 0.1) is 20.8 Å². The number of aromatic nitrogens is 1. The van der Waals surface area contributed by atoms with Crippen LogP contribution in [0.15, 0.2) is 60.8 Å². The van der Waals surface area contributed by atoms with E-state index in [9.17, 15) is 4.79 Å². The van der Waals surface area contributed by atoms with Crippen LogP contribution in [0.5, 0.6) is 23.1 Å². The molecule has 0 bridgehead atoms. The highest BCUT2D eigenvalue weighted by Gasteiger charge is 2.19. The molecule has 8 heteroatoms. The average molecular weight is 438 g/mol. The fourth-order valence-corrected chi connectivity index (χ4v) is 2.90. The van der Waals surface area contributed by atoms with E-state index in [1.807, 2.05) is 30.3 Å². The Morgan fingerprint density at radius 3 is 2.28 bits per heavy atom. The number of benzene rings is 2. The van der Waals surface area contributed by atoms with Gasteiger partial charge in [0.2, 0.25) is 11.6 Å². The van der Waals surface area contributed by atoms with Crippen LogP contribution >= 0.6 is 0 Å². The molecule has 32 heavy (non-hydrogen) atoms. The largest absolute Gasteiger partial charge is 0.493 e. The van der Waals surface area contributed by atoms with Gasteiger partial charge in [-0.2, -0.15) is 0 Å². The van der Waals surface area contributed by atoms with Crippen molar-refractivity contribution in [3.8, 4) is 23.1 Å². The number of carbonyl (C=O) groups excluding carboxylic acids is 1. The maximum atomic E-state index is 13.0. The van der Waals surface area contributed by atoms with Crippen molar-refractivity contribution >= 4 is 11.6 Å². The SMILES string of the molecule is COCCOc1ncccc1NC(=O)c1cc(OC)c(OCc2ccccc2)c(OC)c1. The number of methoxy groups -OCH3 is 3. The summed E-state index contributed by atoms with van der Waals surface area (Å²) in [7, 11) is 4.60. The standard InChI is InChI=1S/C24H26N2O6/c1-28-12-13-31-24-19(10-7-11-25-24)26-23(27)18-14-20(29-2)22(21(15-18)30-3)32-16-17-8-5-4-6-9-17/h4-11,14-15H,12-13,16H2,1-3H3,(H,26,27). The van der Waals surface area contributed by atoms with Crippen LogP contribution in [0.25, 0.3) is 0 Å². The summed E-state index contributed by atoms with van der Waals surface area (Å²) in [5.74, 6) is 1.11. The van der Waals surface area contributed by atoms with E-state index in [0.29, 0.717) is 54.2 Å². The molecule has 0 fully saturated rings. The second-order valence-corrected chi connectivity index (χ2v) is 6.64. The van der Waals surface area contributed by atoms with Gasteiger partial charge in [0.15, 0.2) is 11.5 Å². The third-order valence-corrected chi connectivity index (χ3v) is 4.49. The van der Waals surface area contributed by atoms with Crippen LogP contribution in [0.3, 0.4) is 0 Å². The van der Waals surface area contributed by atoms with E-state index >= 15 is 0 Å². The Hall–Kier alpha value is -3.78. The average Bonchev–Trinajstić information content (AvgIpc) is 2.84. The number of carbonyl (C=O) groups is 1. The van der Waals surface area contributed by atoms with Crippen molar-refractivity contribution in [3.63, 3.8) is 0 Å². The fraction of sp³-hybridized carbons (Fsp3) is 0.250. The number of ether oxygens (including phenoxy) is 5. The van der Waals surface area contributed by atoms with Gasteiger partial charge in [-0.05, 0) is 29.8 Å². The topological polar surface area (TPSA) is 88.1 Å². The molecule has 0 aliphatic rings. The molecule has 3 rings (SSSR count). The second kappa shape index (κ2) is 11.6. The van der Waals surface area contributed by atoms with Crippen molar-refractivity contribution < 1.29 is 28.5 Å². The first-order valence-electron chi connectivity index (χ1n) is 9.97. The highest BCUT2D eigenvalue weighted by molar-refractivity contribution is 6.05. The molecule has 1 N–H and O–H groups in total. The van der Waals surface area contributed by atoms with Crippen LogP contribution in [0.4, 0.5) is 5.69 Å². The second-order valence-electron chi connectivity index (χ2n) is 6.64. The van der Waals surface area contributed by atoms with E-state index in [1.54, 1.807) is 37.6 Å². The number of pyridine rings is 1. The van der Waals surface area contributed by atoms with Gasteiger partial charge in [-0.3, -0.25) is 4.79 Å². The minimum absolute atomic E-state index is 0.305. The first-order valence-corrected chi connectivity index (χ1v) is 9.97. The van der Waals surface area contributed by atoms with Crippen molar-refractivity contribution in [3.05, 3.63) is 71.9 Å². The van der Waals surface area contributed by atoms with E-state index in [0.717, 1.165) is 5.56 Å². The lowest BCUT2D eigenvalue weighted by Gasteiger charge is -2.16. The summed E-state index contributed by atoms with van der Waals surface area (Å²) in [4.78, 5) is 17.1. The van der Waals surface area contributed by atoms with Crippen molar-refractivity contribution in [2.75, 3.05) is 39.9 Å². The monoisotopic (exact) mass is 438 g/mol. The summed E-state index contributed by atoms with van der Waals surface area (Å²) in [6.07, 6.45) is 1.59. The quantitative estimate of drug-likeness (QED) is 0.454. The van der Waals surface area contributed by atoms with Crippen LogP contribution in [-0.2, 0) is 11.3 Å². The van der Waals surface area contributed by atoms with Crippen molar-refractivity contribution in [1.29, 1.82) is 0 Å². The number of anilines is 1. The first kappa shape index (κ1) is 22.9. The van der Waals surface area contributed by atoms with Gasteiger partial charge >= 0.3 is 0 Å². The van der Waals surface area contributed by atoms with Gasteiger partial charge in [-0.25, -0.2) is 4.98 Å². The number of rotatable bonds is 11. The van der Waals surface area contributed by atoms with E-state index in [4.69, 9.17) is 23.7 Å². The Labute approximate surface area is 187 Å². The predicted octanol–water partition coefficient (Wildman–Crippen LogP) is 3.96. The number of nitrogens with zero attached hydrogens (tertiary/aromatic N) is 1. The Morgan fingerprint density at radius 1 is 0.906 bits per heavy atom. The van der Waals surface area contributed by atoms with Crippen LogP contribution in [0.2, 0.25) is 0 Å². The smallest absolute Gasteiger partial charge is 0.256 e. The zero-order valence-electron chi connectivity index (χ0n) is 18.3. The number of amides is 1. The predicted molar refractivity (Wildman–Crippen MR) is 120 cm³/mol. The third kappa shape index (κ3) is 5.89. The van der Waals surface area contributed by atoms with E-state index in [1.165, 1.54) is 14.2 Å². The minimum Gasteiger partial charge on any atom is -0.493 e. The van der Waals surface area contributed by atoms with Crippen molar-refractivity contribution in [1.82, 2.24) is 4.98 Å². The molecule has 1 heterocycles. The zero-order chi connectivity index (χ0) is 22.8. The summed E-state index contributed by atoms with van der Waals surface area (Å²) in [6, 6.07) is 16.3. The summed E-state index contributed by atoms with van der Waals surface area (Å²) in [5, 5.41) is 2.81. The molecule has 0 aliphatic carbocycles. The number of nitrogens with one attached hydrogen (secondary N) is 1. The molecule has 0 aliphatic heterocycles. The molecule has 8 nitrogen and oxygen atoms in total. The highest BCUT2D eigenvalue weighted by atomic mass is 16.5. The van der Waals surface area contributed by atoms with Gasteiger partial charge in [0.1, 0.15) is 18.9 Å². The summed E-state index contributed by atoms with van der Waals surface area (Å²) in [6.45, 7) is 1.05. The summed E-state index contributed by atoms with van der Waals surface area (Å²) in [5.41, 5.74) is 1.77. The molecule has 0 radical (unpaired) electrons. The minimum atomic E-state index is -0.374. The third-order valence-electron chi connectivity index (χ3n) is 4.49. The van der Waals surface area contributed by atoms with Gasteiger partial charge in [0.25, 0.3) is 5.91 Å². The van der Waals surface area contributed by atoms with Crippen LogP contribution in [0.1, 0.15) is 15.9 Å². The maximum absolute atomic E-state index is 13.0. The molecule has 0 spiro atoms.